The number of amides is 1. The maximum absolute atomic E-state index is 12.3. The molecule has 0 bridgehead atoms. The van der Waals surface area contributed by atoms with Gasteiger partial charge in [-0.25, -0.2) is 0 Å². The molecule has 8 heteroatoms. The third kappa shape index (κ3) is 4.58. The monoisotopic (exact) mass is 422 g/mol. The Morgan fingerprint density at radius 1 is 1.10 bits per heavy atom. The lowest BCUT2D eigenvalue weighted by Gasteiger charge is -2.31. The van der Waals surface area contributed by atoms with E-state index < -0.39 is 0 Å². The minimum Gasteiger partial charge on any atom is -0.463 e. The highest BCUT2D eigenvalue weighted by molar-refractivity contribution is 6.03. The zero-order chi connectivity index (χ0) is 21.2. The van der Waals surface area contributed by atoms with E-state index in [1.807, 2.05) is 4.90 Å². The number of hydrogen-bond acceptors (Lipinski definition) is 7. The Balaban J connectivity index is 1.35. The lowest BCUT2D eigenvalue weighted by atomic mass is 9.86. The molecule has 164 valence electrons. The molecule has 3 N–H and O–H groups in total. The minimum atomic E-state index is -0.112. The third-order valence-corrected chi connectivity index (χ3v) is 6.44. The summed E-state index contributed by atoms with van der Waals surface area (Å²) in [6, 6.07) is 8.87. The van der Waals surface area contributed by atoms with Crippen molar-refractivity contribution >= 4 is 23.2 Å². The third-order valence-electron chi connectivity index (χ3n) is 6.44. The predicted molar refractivity (Wildman–Crippen MR) is 120 cm³/mol. The van der Waals surface area contributed by atoms with Crippen LogP contribution in [0.3, 0.4) is 0 Å². The number of rotatable bonds is 7. The number of nitrogens with one attached hydrogen (secondary N) is 1. The Morgan fingerprint density at radius 3 is 2.61 bits per heavy atom. The summed E-state index contributed by atoms with van der Waals surface area (Å²) in [5, 5.41) is 2.83. The zero-order valence-electron chi connectivity index (χ0n) is 17.8. The van der Waals surface area contributed by atoms with Crippen molar-refractivity contribution in [2.45, 2.75) is 45.2 Å². The van der Waals surface area contributed by atoms with E-state index in [0.29, 0.717) is 30.6 Å². The summed E-state index contributed by atoms with van der Waals surface area (Å²) in [7, 11) is 0. The van der Waals surface area contributed by atoms with E-state index in [-0.39, 0.29) is 24.3 Å². The number of nitrogens with zero attached hydrogens (tertiary/aromatic N) is 4. The molecule has 0 radical (unpaired) electrons. The Bertz CT molecular complexity index is 955. The van der Waals surface area contributed by atoms with E-state index in [9.17, 15) is 4.79 Å². The van der Waals surface area contributed by atoms with Gasteiger partial charge in [0.15, 0.2) is 11.6 Å². The Morgan fingerprint density at radius 2 is 1.87 bits per heavy atom. The summed E-state index contributed by atoms with van der Waals surface area (Å²) < 4.78 is 5.83. The van der Waals surface area contributed by atoms with Gasteiger partial charge in [0.05, 0.1) is 13.2 Å². The molecule has 3 aliphatic rings. The molecule has 2 aliphatic heterocycles. The maximum Gasteiger partial charge on any atom is 0.320 e. The quantitative estimate of drug-likeness (QED) is 0.708. The van der Waals surface area contributed by atoms with Crippen LogP contribution in [0, 0.1) is 5.92 Å². The van der Waals surface area contributed by atoms with Gasteiger partial charge in [-0.1, -0.05) is 30.7 Å². The first-order chi connectivity index (χ1) is 15.1. The second-order valence-corrected chi connectivity index (χ2v) is 8.91. The molecular weight excluding hydrogens is 392 g/mol. The van der Waals surface area contributed by atoms with Crippen LogP contribution < -0.4 is 20.7 Å². The van der Waals surface area contributed by atoms with Crippen molar-refractivity contribution in [1.82, 2.24) is 14.9 Å². The van der Waals surface area contributed by atoms with Crippen LogP contribution in [0.2, 0.25) is 0 Å². The summed E-state index contributed by atoms with van der Waals surface area (Å²) in [4.78, 5) is 25.6. The van der Waals surface area contributed by atoms with Crippen molar-refractivity contribution in [3.8, 4) is 6.01 Å². The lowest BCUT2D eigenvalue weighted by molar-refractivity contribution is -0.115. The first-order valence-corrected chi connectivity index (χ1v) is 11.3. The first-order valence-electron chi connectivity index (χ1n) is 11.3. The smallest absolute Gasteiger partial charge is 0.320 e. The summed E-state index contributed by atoms with van der Waals surface area (Å²) in [5.41, 5.74) is 9.07. The average Bonchev–Trinajstić information content (AvgIpc) is 3.21. The number of ether oxygens (including phenoxy) is 1. The maximum atomic E-state index is 12.3. The van der Waals surface area contributed by atoms with Gasteiger partial charge in [0, 0.05) is 13.1 Å². The highest BCUT2D eigenvalue weighted by atomic mass is 16.5. The standard InChI is InChI=1S/C23H30N6O2/c24-21-20-22(27-23(26-21)31-15-16-5-3-6-16)29(14-19(30)25-20)13-18-8-4-7-17(11-18)12-28-9-1-2-10-28/h4,7-8,11,16H,1-3,5-6,9-10,12-15H2,(H,25,30)(H2,24,26,27). The number of fused-ring (bicyclic) bond motifs is 1. The molecule has 0 unspecified atom stereocenters. The van der Waals surface area contributed by atoms with E-state index in [1.54, 1.807) is 0 Å². The Labute approximate surface area is 182 Å². The normalized spacial score (nSPS) is 19.1. The fourth-order valence-electron chi connectivity index (χ4n) is 4.51. The molecule has 5 rings (SSSR count). The summed E-state index contributed by atoms with van der Waals surface area (Å²) in [5.74, 6) is 1.34. The molecule has 8 nitrogen and oxygen atoms in total. The van der Waals surface area contributed by atoms with E-state index in [0.717, 1.165) is 12.1 Å². The number of carbonyl (C=O) groups excluding carboxylic acids is 1. The van der Waals surface area contributed by atoms with Crippen LogP contribution in [0.4, 0.5) is 17.3 Å². The SMILES string of the molecule is Nc1nc(OCC2CCC2)nc2c1NC(=O)CN2Cc1cccc(CN2CCCC2)c1. The highest BCUT2D eigenvalue weighted by Gasteiger charge is 2.28. The number of aromatic nitrogens is 2. The van der Waals surface area contributed by atoms with Crippen LogP contribution in [-0.4, -0.2) is 47.0 Å². The number of benzene rings is 1. The van der Waals surface area contributed by atoms with E-state index in [1.165, 1.54) is 50.8 Å². The minimum absolute atomic E-state index is 0.112. The molecule has 1 saturated heterocycles. The first kappa shape index (κ1) is 20.1. The molecule has 2 aromatic rings. The van der Waals surface area contributed by atoms with Crippen LogP contribution in [0.1, 0.15) is 43.2 Å². The van der Waals surface area contributed by atoms with Crippen molar-refractivity contribution in [3.63, 3.8) is 0 Å². The zero-order valence-corrected chi connectivity index (χ0v) is 17.8. The van der Waals surface area contributed by atoms with Crippen molar-refractivity contribution < 1.29 is 9.53 Å². The molecule has 2 fully saturated rings. The number of anilines is 3. The van der Waals surface area contributed by atoms with Gasteiger partial charge in [0.25, 0.3) is 0 Å². The molecule has 31 heavy (non-hydrogen) atoms. The van der Waals surface area contributed by atoms with Crippen molar-refractivity contribution in [1.29, 1.82) is 0 Å². The largest absolute Gasteiger partial charge is 0.463 e. The summed E-state index contributed by atoms with van der Waals surface area (Å²) in [6.07, 6.45) is 6.21. The molecule has 1 aromatic carbocycles. The second kappa shape index (κ2) is 8.70. The number of nitrogens with two attached hydrogens (primary N) is 1. The van der Waals surface area contributed by atoms with Gasteiger partial charge in [-0.3, -0.25) is 9.69 Å². The second-order valence-electron chi connectivity index (χ2n) is 8.91. The molecule has 1 saturated carbocycles. The van der Waals surface area contributed by atoms with Gasteiger partial charge in [-0.05, 0) is 55.8 Å². The van der Waals surface area contributed by atoms with Crippen LogP contribution >= 0.6 is 0 Å². The molecule has 1 aliphatic carbocycles. The molecule has 0 spiro atoms. The highest BCUT2D eigenvalue weighted by Crippen LogP contribution is 2.35. The fourth-order valence-corrected chi connectivity index (χ4v) is 4.51. The molecule has 1 aromatic heterocycles. The van der Waals surface area contributed by atoms with Gasteiger partial charge in [-0.2, -0.15) is 9.97 Å². The van der Waals surface area contributed by atoms with E-state index >= 15 is 0 Å². The number of nitrogen functional groups attached to an aromatic ring is 1. The van der Waals surface area contributed by atoms with Gasteiger partial charge < -0.3 is 20.7 Å². The number of carbonyl (C=O) groups is 1. The fraction of sp³-hybridized carbons (Fsp3) is 0.522. The van der Waals surface area contributed by atoms with Gasteiger partial charge in [0.1, 0.15) is 5.69 Å². The van der Waals surface area contributed by atoms with E-state index in [4.69, 9.17) is 10.5 Å². The molecule has 0 atom stereocenters. The average molecular weight is 423 g/mol. The van der Waals surface area contributed by atoms with Gasteiger partial charge >= 0.3 is 6.01 Å². The Kier molecular flexibility index (Phi) is 5.63. The van der Waals surface area contributed by atoms with Crippen molar-refractivity contribution in [3.05, 3.63) is 35.4 Å². The number of likely N-dealkylation sites (tertiary alicyclic amines) is 1. The van der Waals surface area contributed by atoms with Crippen molar-refractivity contribution in [2.75, 3.05) is 42.2 Å². The van der Waals surface area contributed by atoms with Crippen LogP contribution in [0.15, 0.2) is 24.3 Å². The summed E-state index contributed by atoms with van der Waals surface area (Å²) in [6.45, 7) is 4.73. The topological polar surface area (TPSA) is 96.6 Å². The molecule has 1 amide bonds. The Hall–Kier alpha value is -2.87. The van der Waals surface area contributed by atoms with Crippen LogP contribution in [-0.2, 0) is 17.9 Å². The predicted octanol–water partition coefficient (Wildman–Crippen LogP) is 2.79. The van der Waals surface area contributed by atoms with Crippen LogP contribution in [0.5, 0.6) is 6.01 Å². The van der Waals surface area contributed by atoms with Crippen molar-refractivity contribution in [2.24, 2.45) is 5.92 Å². The summed E-state index contributed by atoms with van der Waals surface area (Å²) >= 11 is 0. The van der Waals surface area contributed by atoms with Crippen LogP contribution in [0.25, 0.3) is 0 Å². The molecule has 3 heterocycles. The van der Waals surface area contributed by atoms with E-state index in [2.05, 4.69) is 44.5 Å². The van der Waals surface area contributed by atoms with Gasteiger partial charge in [-0.15, -0.1) is 0 Å². The lowest BCUT2D eigenvalue weighted by Crippen LogP contribution is -2.39. The van der Waals surface area contributed by atoms with Gasteiger partial charge in [0.2, 0.25) is 5.91 Å². The number of hydrogen-bond donors (Lipinski definition) is 2. The molecular formula is C23H30N6O2.